The van der Waals surface area contributed by atoms with Gasteiger partial charge in [-0.2, -0.15) is 5.26 Å². The zero-order chi connectivity index (χ0) is 23.2. The molecule has 0 atom stereocenters. The van der Waals surface area contributed by atoms with Crippen LogP contribution in [0, 0.1) is 11.3 Å². The number of para-hydroxylation sites is 3. The lowest BCUT2D eigenvalue weighted by Crippen LogP contribution is -2.19. The maximum atomic E-state index is 9.70. The van der Waals surface area contributed by atoms with Crippen molar-refractivity contribution in [3.8, 4) is 11.8 Å². The Morgan fingerprint density at radius 3 is 2.58 bits per heavy atom. The normalized spacial score (nSPS) is 14.6. The third-order valence-corrected chi connectivity index (χ3v) is 6.19. The molecule has 2 heterocycles. The first-order valence-electron chi connectivity index (χ1n) is 11.3. The van der Waals surface area contributed by atoms with Crippen molar-refractivity contribution in [3.63, 3.8) is 0 Å². The number of imidazole rings is 1. The van der Waals surface area contributed by atoms with Crippen molar-refractivity contribution in [1.82, 2.24) is 9.55 Å². The van der Waals surface area contributed by atoms with Crippen molar-refractivity contribution in [3.05, 3.63) is 100 Å². The molecule has 0 saturated heterocycles. The van der Waals surface area contributed by atoms with Crippen molar-refractivity contribution in [2.75, 3.05) is 0 Å². The van der Waals surface area contributed by atoms with Crippen LogP contribution in [0.4, 0.5) is 0 Å². The highest BCUT2D eigenvalue weighted by Gasteiger charge is 2.24. The zero-order valence-electron chi connectivity index (χ0n) is 19.5. The lowest BCUT2D eigenvalue weighted by Gasteiger charge is -2.21. The highest BCUT2D eigenvalue weighted by Crippen LogP contribution is 2.39. The number of benzene rings is 3. The van der Waals surface area contributed by atoms with Crippen LogP contribution in [-0.4, -0.2) is 9.55 Å². The minimum Gasteiger partial charge on any atom is -0.488 e. The summed E-state index contributed by atoms with van der Waals surface area (Å²) < 4.78 is 8.50. The quantitative estimate of drug-likeness (QED) is 0.334. The molecule has 164 valence electrons. The second kappa shape index (κ2) is 7.94. The first-order chi connectivity index (χ1) is 15.9. The zero-order valence-corrected chi connectivity index (χ0v) is 19.5. The fourth-order valence-corrected chi connectivity index (χ4v) is 4.66. The Balaban J connectivity index is 1.62. The van der Waals surface area contributed by atoms with E-state index in [1.807, 2.05) is 37.3 Å². The maximum absolute atomic E-state index is 9.70. The molecule has 0 unspecified atom stereocenters. The number of hydrogen-bond donors (Lipinski definition) is 0. The van der Waals surface area contributed by atoms with Gasteiger partial charge >= 0.3 is 0 Å². The van der Waals surface area contributed by atoms with E-state index in [1.165, 1.54) is 5.56 Å². The molecule has 0 amide bonds. The number of rotatable bonds is 2. The number of ether oxygens (including phenoxy) is 1. The van der Waals surface area contributed by atoms with Crippen LogP contribution in [0.25, 0.3) is 16.6 Å². The molecule has 1 aromatic heterocycles. The van der Waals surface area contributed by atoms with E-state index in [2.05, 4.69) is 67.8 Å². The van der Waals surface area contributed by atoms with E-state index in [0.29, 0.717) is 12.2 Å². The van der Waals surface area contributed by atoms with Crippen LogP contribution in [0.1, 0.15) is 55.8 Å². The molecule has 4 aromatic rings. The second-order valence-corrected chi connectivity index (χ2v) is 9.65. The molecule has 0 fully saturated rings. The topological polar surface area (TPSA) is 50.8 Å². The van der Waals surface area contributed by atoms with Gasteiger partial charge in [-0.25, -0.2) is 4.98 Å². The van der Waals surface area contributed by atoms with E-state index in [4.69, 9.17) is 9.72 Å². The van der Waals surface area contributed by atoms with Crippen LogP contribution in [-0.2, 0) is 18.6 Å². The summed E-state index contributed by atoms with van der Waals surface area (Å²) in [7, 11) is 0. The number of aromatic nitrogens is 2. The summed E-state index contributed by atoms with van der Waals surface area (Å²) in [5.74, 6) is 1.89. The van der Waals surface area contributed by atoms with Gasteiger partial charge in [0.15, 0.2) is 0 Å². The monoisotopic (exact) mass is 433 g/mol. The molecule has 0 bridgehead atoms. The highest BCUT2D eigenvalue weighted by molar-refractivity contribution is 5.88. The average Bonchev–Trinajstić information content (AvgIpc) is 3.09. The molecular formula is C29H27N3O. The first kappa shape index (κ1) is 21.0. The molecule has 0 N–H and O–H groups in total. The number of fused-ring (bicyclic) bond motifs is 3. The third-order valence-electron chi connectivity index (χ3n) is 6.19. The first-order valence-corrected chi connectivity index (χ1v) is 11.3. The standard InChI is InChI=1S/C29H27N3O/c1-19(16-30)27-22-14-13-20(15-21(22)18-33-26-12-8-5-9-23(26)27)17-32-25-11-7-6-10-24(25)31-28(32)29(2,3)4/h5-15H,17-18H2,1-4H3/b27-19+. The molecule has 3 aromatic carbocycles. The van der Waals surface area contributed by atoms with Crippen molar-refractivity contribution < 1.29 is 4.74 Å². The molecule has 33 heavy (non-hydrogen) atoms. The minimum absolute atomic E-state index is 0.0741. The van der Waals surface area contributed by atoms with Crippen molar-refractivity contribution >= 4 is 16.6 Å². The summed E-state index contributed by atoms with van der Waals surface area (Å²) in [5.41, 5.74) is 8.05. The van der Waals surface area contributed by atoms with Gasteiger partial charge < -0.3 is 9.30 Å². The maximum Gasteiger partial charge on any atom is 0.127 e. The Hall–Kier alpha value is -3.84. The largest absolute Gasteiger partial charge is 0.488 e. The molecule has 0 spiro atoms. The predicted octanol–water partition coefficient (Wildman–Crippen LogP) is 6.62. The number of hydrogen-bond acceptors (Lipinski definition) is 3. The SMILES string of the molecule is C/C(C#N)=C1/c2ccc(Cn3c(C(C)(C)C)nc4ccccc43)cc2COc2ccccc21. The Labute approximate surface area is 194 Å². The second-order valence-electron chi connectivity index (χ2n) is 9.65. The predicted molar refractivity (Wildman–Crippen MR) is 132 cm³/mol. The van der Waals surface area contributed by atoms with E-state index in [-0.39, 0.29) is 5.41 Å². The summed E-state index contributed by atoms with van der Waals surface area (Å²) in [6.07, 6.45) is 0. The molecule has 0 radical (unpaired) electrons. The summed E-state index contributed by atoms with van der Waals surface area (Å²) in [6, 6.07) is 25.1. The molecule has 1 aliphatic heterocycles. The van der Waals surface area contributed by atoms with Crippen LogP contribution in [0.3, 0.4) is 0 Å². The van der Waals surface area contributed by atoms with Gasteiger partial charge in [-0.1, -0.05) is 63.2 Å². The summed E-state index contributed by atoms with van der Waals surface area (Å²) >= 11 is 0. The number of nitriles is 1. The minimum atomic E-state index is -0.0741. The van der Waals surface area contributed by atoms with Gasteiger partial charge in [-0.05, 0) is 47.9 Å². The van der Waals surface area contributed by atoms with Gasteiger partial charge in [0.25, 0.3) is 0 Å². The summed E-state index contributed by atoms with van der Waals surface area (Å²) in [4.78, 5) is 4.95. The van der Waals surface area contributed by atoms with E-state index in [1.54, 1.807) is 0 Å². The molecule has 4 nitrogen and oxygen atoms in total. The van der Waals surface area contributed by atoms with E-state index < -0.39 is 0 Å². The van der Waals surface area contributed by atoms with Gasteiger partial charge in [0, 0.05) is 28.7 Å². The van der Waals surface area contributed by atoms with E-state index in [0.717, 1.165) is 51.4 Å². The van der Waals surface area contributed by atoms with Crippen molar-refractivity contribution in [2.45, 2.75) is 46.3 Å². The third kappa shape index (κ3) is 3.70. The van der Waals surface area contributed by atoms with Crippen LogP contribution in [0.15, 0.2) is 72.3 Å². The summed E-state index contributed by atoms with van der Waals surface area (Å²) in [5, 5.41) is 9.70. The average molecular weight is 434 g/mol. The van der Waals surface area contributed by atoms with Crippen LogP contribution in [0.5, 0.6) is 5.75 Å². The van der Waals surface area contributed by atoms with Crippen LogP contribution >= 0.6 is 0 Å². The van der Waals surface area contributed by atoms with E-state index in [9.17, 15) is 5.26 Å². The molecular weight excluding hydrogens is 406 g/mol. The van der Waals surface area contributed by atoms with Gasteiger partial charge in [0.2, 0.25) is 0 Å². The summed E-state index contributed by atoms with van der Waals surface area (Å²) in [6.45, 7) is 9.68. The molecule has 5 rings (SSSR count). The van der Waals surface area contributed by atoms with Gasteiger partial charge in [-0.3, -0.25) is 0 Å². The highest BCUT2D eigenvalue weighted by atomic mass is 16.5. The van der Waals surface area contributed by atoms with Gasteiger partial charge in [-0.15, -0.1) is 0 Å². The Kier molecular flexibility index (Phi) is 5.06. The number of allylic oxidation sites excluding steroid dienone is 1. The smallest absolute Gasteiger partial charge is 0.127 e. The molecule has 0 aliphatic carbocycles. The van der Waals surface area contributed by atoms with E-state index >= 15 is 0 Å². The van der Waals surface area contributed by atoms with Crippen molar-refractivity contribution in [2.24, 2.45) is 0 Å². The lowest BCUT2D eigenvalue weighted by atomic mass is 9.90. The lowest BCUT2D eigenvalue weighted by molar-refractivity contribution is 0.307. The molecule has 4 heteroatoms. The molecule has 1 aliphatic rings. The Morgan fingerprint density at radius 1 is 1.03 bits per heavy atom. The van der Waals surface area contributed by atoms with Crippen molar-refractivity contribution in [1.29, 1.82) is 5.26 Å². The number of nitrogens with zero attached hydrogens (tertiary/aromatic N) is 3. The van der Waals surface area contributed by atoms with Gasteiger partial charge in [0.1, 0.15) is 18.2 Å². The van der Waals surface area contributed by atoms with Crippen LogP contribution in [0.2, 0.25) is 0 Å². The Bertz CT molecular complexity index is 1440. The Morgan fingerprint density at radius 2 is 1.79 bits per heavy atom. The molecule has 0 saturated carbocycles. The van der Waals surface area contributed by atoms with Crippen LogP contribution < -0.4 is 4.74 Å². The van der Waals surface area contributed by atoms with Gasteiger partial charge in [0.05, 0.1) is 17.1 Å². The fourth-order valence-electron chi connectivity index (χ4n) is 4.66. The fraction of sp³-hybridized carbons (Fsp3) is 0.241.